The lowest BCUT2D eigenvalue weighted by Crippen LogP contribution is -2.27. The second-order valence-electron chi connectivity index (χ2n) is 3.77. The van der Waals surface area contributed by atoms with Crippen LogP contribution in [0.1, 0.15) is 25.7 Å². The van der Waals surface area contributed by atoms with Crippen LogP contribution in [0.15, 0.2) is 0 Å². The van der Waals surface area contributed by atoms with Crippen molar-refractivity contribution in [2.45, 2.75) is 31.3 Å². The van der Waals surface area contributed by atoms with E-state index >= 15 is 0 Å². The SMILES string of the molecule is COCC1(C2CCCC2)CO1. The summed E-state index contributed by atoms with van der Waals surface area (Å²) in [6, 6.07) is 0. The van der Waals surface area contributed by atoms with Gasteiger partial charge in [0.25, 0.3) is 0 Å². The minimum absolute atomic E-state index is 0.158. The summed E-state index contributed by atoms with van der Waals surface area (Å²) in [6.07, 6.45) is 5.48. The predicted molar refractivity (Wildman–Crippen MR) is 42.5 cm³/mol. The fourth-order valence-corrected chi connectivity index (χ4v) is 2.23. The Bertz CT molecular complexity index is 134. The lowest BCUT2D eigenvalue weighted by molar-refractivity contribution is 0.0857. The second-order valence-corrected chi connectivity index (χ2v) is 3.77. The molecule has 0 aromatic carbocycles. The summed E-state index contributed by atoms with van der Waals surface area (Å²) < 4.78 is 10.7. The first-order valence-corrected chi connectivity index (χ1v) is 4.50. The van der Waals surface area contributed by atoms with Gasteiger partial charge in [0.1, 0.15) is 5.60 Å². The maximum Gasteiger partial charge on any atom is 0.118 e. The molecule has 1 saturated carbocycles. The Labute approximate surface area is 67.9 Å². The molecule has 1 aliphatic carbocycles. The van der Waals surface area contributed by atoms with Crippen LogP contribution >= 0.6 is 0 Å². The fourth-order valence-electron chi connectivity index (χ4n) is 2.23. The van der Waals surface area contributed by atoms with Crippen molar-refractivity contribution >= 4 is 0 Å². The lowest BCUT2D eigenvalue weighted by atomic mass is 9.92. The molecule has 64 valence electrons. The van der Waals surface area contributed by atoms with Crippen LogP contribution in [0.2, 0.25) is 0 Å². The van der Waals surface area contributed by atoms with E-state index < -0.39 is 0 Å². The Hall–Kier alpha value is -0.0800. The number of methoxy groups -OCH3 is 1. The molecule has 2 nitrogen and oxygen atoms in total. The van der Waals surface area contributed by atoms with Gasteiger partial charge in [-0.25, -0.2) is 0 Å². The van der Waals surface area contributed by atoms with Crippen LogP contribution in [0.5, 0.6) is 0 Å². The molecule has 1 heterocycles. The highest BCUT2D eigenvalue weighted by Crippen LogP contribution is 2.44. The molecule has 0 radical (unpaired) electrons. The van der Waals surface area contributed by atoms with Gasteiger partial charge in [-0.1, -0.05) is 12.8 Å². The zero-order valence-corrected chi connectivity index (χ0v) is 7.14. The maximum atomic E-state index is 5.50. The summed E-state index contributed by atoms with van der Waals surface area (Å²) in [5.41, 5.74) is 0.158. The van der Waals surface area contributed by atoms with Crippen molar-refractivity contribution in [1.82, 2.24) is 0 Å². The zero-order chi connectivity index (χ0) is 7.73. The van der Waals surface area contributed by atoms with E-state index in [1.165, 1.54) is 25.7 Å². The number of epoxide rings is 1. The highest BCUT2D eigenvalue weighted by atomic mass is 16.6. The molecule has 0 aromatic rings. The van der Waals surface area contributed by atoms with Crippen LogP contribution in [-0.4, -0.2) is 25.9 Å². The molecule has 0 N–H and O–H groups in total. The van der Waals surface area contributed by atoms with E-state index in [4.69, 9.17) is 9.47 Å². The van der Waals surface area contributed by atoms with Gasteiger partial charge < -0.3 is 9.47 Å². The van der Waals surface area contributed by atoms with Crippen LogP contribution in [0.4, 0.5) is 0 Å². The quantitative estimate of drug-likeness (QED) is 0.579. The highest BCUT2D eigenvalue weighted by molar-refractivity contribution is 4.99. The van der Waals surface area contributed by atoms with E-state index in [0.717, 1.165) is 19.1 Å². The summed E-state index contributed by atoms with van der Waals surface area (Å²) in [5, 5.41) is 0. The molecule has 2 heteroatoms. The van der Waals surface area contributed by atoms with E-state index in [1.54, 1.807) is 7.11 Å². The largest absolute Gasteiger partial charge is 0.382 e. The van der Waals surface area contributed by atoms with Crippen molar-refractivity contribution in [3.63, 3.8) is 0 Å². The van der Waals surface area contributed by atoms with Crippen molar-refractivity contribution in [2.75, 3.05) is 20.3 Å². The van der Waals surface area contributed by atoms with Gasteiger partial charge in [-0.15, -0.1) is 0 Å². The van der Waals surface area contributed by atoms with Crippen LogP contribution < -0.4 is 0 Å². The molecule has 0 amide bonds. The topological polar surface area (TPSA) is 21.8 Å². The van der Waals surface area contributed by atoms with Crippen molar-refractivity contribution in [2.24, 2.45) is 5.92 Å². The van der Waals surface area contributed by atoms with E-state index in [2.05, 4.69) is 0 Å². The molecule has 2 rings (SSSR count). The van der Waals surface area contributed by atoms with E-state index in [-0.39, 0.29) is 5.60 Å². The van der Waals surface area contributed by atoms with Gasteiger partial charge >= 0.3 is 0 Å². The lowest BCUT2D eigenvalue weighted by Gasteiger charge is -2.17. The number of hydrogen-bond acceptors (Lipinski definition) is 2. The van der Waals surface area contributed by atoms with Crippen LogP contribution in [0, 0.1) is 5.92 Å². The van der Waals surface area contributed by atoms with Gasteiger partial charge in [0.15, 0.2) is 0 Å². The smallest absolute Gasteiger partial charge is 0.118 e. The first kappa shape index (κ1) is 7.56. The number of ether oxygens (including phenoxy) is 2. The second kappa shape index (κ2) is 2.76. The van der Waals surface area contributed by atoms with Gasteiger partial charge in [0, 0.05) is 7.11 Å². The molecule has 1 atom stereocenters. The summed E-state index contributed by atoms with van der Waals surface area (Å²) in [5.74, 6) is 0.794. The van der Waals surface area contributed by atoms with Crippen molar-refractivity contribution in [3.8, 4) is 0 Å². The summed E-state index contributed by atoms with van der Waals surface area (Å²) in [6.45, 7) is 1.74. The molecule has 1 unspecified atom stereocenters. The predicted octanol–water partition coefficient (Wildman–Crippen LogP) is 1.59. The Morgan fingerprint density at radius 1 is 1.45 bits per heavy atom. The third-order valence-corrected chi connectivity index (χ3v) is 3.00. The molecule has 2 fully saturated rings. The Kier molecular flexibility index (Phi) is 1.90. The summed E-state index contributed by atoms with van der Waals surface area (Å²) >= 11 is 0. The number of hydrogen-bond donors (Lipinski definition) is 0. The van der Waals surface area contributed by atoms with E-state index in [9.17, 15) is 0 Å². The molecule has 1 aliphatic heterocycles. The minimum atomic E-state index is 0.158. The first-order valence-electron chi connectivity index (χ1n) is 4.50. The Morgan fingerprint density at radius 2 is 2.09 bits per heavy atom. The molecule has 0 spiro atoms. The third-order valence-electron chi connectivity index (χ3n) is 3.00. The molecule has 0 bridgehead atoms. The number of rotatable bonds is 3. The van der Waals surface area contributed by atoms with Crippen molar-refractivity contribution in [1.29, 1.82) is 0 Å². The monoisotopic (exact) mass is 156 g/mol. The average molecular weight is 156 g/mol. The van der Waals surface area contributed by atoms with Gasteiger partial charge in [-0.05, 0) is 18.8 Å². The zero-order valence-electron chi connectivity index (χ0n) is 7.14. The Morgan fingerprint density at radius 3 is 2.55 bits per heavy atom. The molecule has 1 saturated heterocycles. The van der Waals surface area contributed by atoms with Crippen LogP contribution in [0.25, 0.3) is 0 Å². The van der Waals surface area contributed by atoms with Gasteiger partial charge in [0.2, 0.25) is 0 Å². The first-order chi connectivity index (χ1) is 5.37. The molecule has 0 aromatic heterocycles. The maximum absolute atomic E-state index is 5.50. The van der Waals surface area contributed by atoms with Crippen LogP contribution in [0.3, 0.4) is 0 Å². The van der Waals surface area contributed by atoms with Gasteiger partial charge in [0.05, 0.1) is 13.2 Å². The standard InChI is InChI=1S/C9H16O2/c1-10-6-9(7-11-9)8-4-2-3-5-8/h8H,2-7H2,1H3. The molecule has 2 aliphatic rings. The van der Waals surface area contributed by atoms with Gasteiger partial charge in [-0.3, -0.25) is 0 Å². The van der Waals surface area contributed by atoms with Gasteiger partial charge in [-0.2, -0.15) is 0 Å². The Balaban J connectivity index is 1.91. The molecular formula is C9H16O2. The van der Waals surface area contributed by atoms with Crippen molar-refractivity contribution < 1.29 is 9.47 Å². The third kappa shape index (κ3) is 1.30. The molecule has 11 heavy (non-hydrogen) atoms. The highest BCUT2D eigenvalue weighted by Gasteiger charge is 2.51. The van der Waals surface area contributed by atoms with E-state index in [1.807, 2.05) is 0 Å². The normalized spacial score (nSPS) is 37.9. The average Bonchev–Trinajstić information content (AvgIpc) is 2.63. The van der Waals surface area contributed by atoms with E-state index in [0.29, 0.717) is 0 Å². The molecular weight excluding hydrogens is 140 g/mol. The fraction of sp³-hybridized carbons (Fsp3) is 1.00. The summed E-state index contributed by atoms with van der Waals surface area (Å²) in [4.78, 5) is 0. The minimum Gasteiger partial charge on any atom is -0.382 e. The summed E-state index contributed by atoms with van der Waals surface area (Å²) in [7, 11) is 1.76. The van der Waals surface area contributed by atoms with Crippen molar-refractivity contribution in [3.05, 3.63) is 0 Å². The van der Waals surface area contributed by atoms with Crippen LogP contribution in [-0.2, 0) is 9.47 Å².